The summed E-state index contributed by atoms with van der Waals surface area (Å²) in [5.41, 5.74) is 3.35. The SMILES string of the molecule is COCC(C)(C)N1CCN(C[C@@]2(OC)/C=C/CC(C)C(C)S(=O)NC(=O)c3ccc4c(c3)N(CC3CCC32)C[C@@]2(CCCc3cc(Cl)ccc32)CO4)CC1. The molecule has 1 saturated heterocycles. The highest BCUT2D eigenvalue weighted by Gasteiger charge is 2.50. The molecule has 0 radical (unpaired) electrons. The molecule has 11 heteroatoms. The Morgan fingerprint density at radius 3 is 2.59 bits per heavy atom. The summed E-state index contributed by atoms with van der Waals surface area (Å²) in [6.45, 7) is 16.2. The van der Waals surface area contributed by atoms with Crippen LogP contribution < -0.4 is 14.4 Å². The number of halogens is 1. The monoisotopic (exact) mass is 780 g/mol. The topological polar surface area (TPSA) is 83.6 Å². The minimum atomic E-state index is -1.55. The smallest absolute Gasteiger partial charge is 0.263 e. The highest BCUT2D eigenvalue weighted by atomic mass is 35.5. The van der Waals surface area contributed by atoms with E-state index in [0.717, 1.165) is 101 Å². The van der Waals surface area contributed by atoms with Gasteiger partial charge in [0.05, 0.1) is 24.2 Å². The number of piperazine rings is 1. The Kier molecular flexibility index (Phi) is 11.9. The van der Waals surface area contributed by atoms with Crippen molar-refractivity contribution in [2.75, 3.05) is 78.1 Å². The fourth-order valence-electron chi connectivity index (χ4n) is 9.98. The number of hydrogen-bond acceptors (Lipinski definition) is 8. The van der Waals surface area contributed by atoms with Crippen molar-refractivity contribution in [2.24, 2.45) is 17.8 Å². The number of fused-ring (bicyclic) bond motifs is 4. The number of aryl methyl sites for hydroxylation is 1. The zero-order valence-corrected chi connectivity index (χ0v) is 34.8. The van der Waals surface area contributed by atoms with Crippen molar-refractivity contribution in [1.82, 2.24) is 14.5 Å². The lowest BCUT2D eigenvalue weighted by Crippen LogP contribution is -2.61. The summed E-state index contributed by atoms with van der Waals surface area (Å²) in [6, 6.07) is 12.1. The zero-order valence-electron chi connectivity index (χ0n) is 33.2. The van der Waals surface area contributed by atoms with Crippen molar-refractivity contribution < 1.29 is 23.2 Å². The van der Waals surface area contributed by atoms with Crippen molar-refractivity contribution in [3.63, 3.8) is 0 Å². The molecule has 2 bridgehead atoms. The van der Waals surface area contributed by atoms with Crippen molar-refractivity contribution >= 4 is 34.2 Å². The number of benzene rings is 2. The lowest BCUT2D eigenvalue weighted by molar-refractivity contribution is -0.0992. The molecule has 1 saturated carbocycles. The Bertz CT molecular complexity index is 1730. The summed E-state index contributed by atoms with van der Waals surface area (Å²) in [6.07, 6.45) is 10.7. The van der Waals surface area contributed by atoms with E-state index in [1.54, 1.807) is 7.11 Å². The Balaban J connectivity index is 1.25. The molecule has 2 aromatic carbocycles. The van der Waals surface area contributed by atoms with Crippen LogP contribution in [0.4, 0.5) is 5.69 Å². The van der Waals surface area contributed by atoms with E-state index in [-0.39, 0.29) is 28.0 Å². The summed E-state index contributed by atoms with van der Waals surface area (Å²) < 4.78 is 35.5. The van der Waals surface area contributed by atoms with Gasteiger partial charge in [0.25, 0.3) is 5.91 Å². The molecule has 2 aromatic rings. The molecule has 1 amide bonds. The number of nitrogens with zero attached hydrogens (tertiary/aromatic N) is 3. The number of methoxy groups -OCH3 is 2. The van der Waals surface area contributed by atoms with Crippen LogP contribution >= 0.6 is 11.6 Å². The molecule has 296 valence electrons. The average Bonchev–Trinajstić information content (AvgIpc) is 3.29. The molecule has 7 atom stereocenters. The van der Waals surface area contributed by atoms with Gasteiger partial charge in [-0.05, 0) is 119 Å². The number of amides is 1. The number of rotatable bonds is 6. The van der Waals surface area contributed by atoms with Gasteiger partial charge in [-0.25, -0.2) is 4.21 Å². The average molecular weight is 782 g/mol. The van der Waals surface area contributed by atoms with Crippen LogP contribution in [0.1, 0.15) is 81.3 Å². The number of carbonyl (C=O) groups is 1. The summed E-state index contributed by atoms with van der Waals surface area (Å²) in [7, 11) is 2.13. The first-order valence-corrected chi connectivity index (χ1v) is 21.7. The second-order valence-electron chi connectivity index (χ2n) is 17.4. The maximum Gasteiger partial charge on any atom is 0.263 e. The van der Waals surface area contributed by atoms with Crippen molar-refractivity contribution in [2.45, 2.75) is 88.0 Å². The molecule has 54 heavy (non-hydrogen) atoms. The van der Waals surface area contributed by atoms with Crippen molar-refractivity contribution in [3.8, 4) is 5.75 Å². The van der Waals surface area contributed by atoms with Gasteiger partial charge in [-0.2, -0.15) is 0 Å². The molecule has 5 aliphatic rings. The number of anilines is 1. The highest BCUT2D eigenvalue weighted by Crippen LogP contribution is 2.49. The van der Waals surface area contributed by atoms with Crippen LogP contribution in [0, 0.1) is 17.8 Å². The van der Waals surface area contributed by atoms with Gasteiger partial charge in [-0.15, -0.1) is 0 Å². The molecule has 1 N–H and O–H groups in total. The first-order valence-electron chi connectivity index (χ1n) is 20.1. The van der Waals surface area contributed by atoms with Crippen LogP contribution in [-0.2, 0) is 32.3 Å². The predicted octanol–water partition coefficient (Wildman–Crippen LogP) is 6.65. The third kappa shape index (κ3) is 7.90. The van der Waals surface area contributed by atoms with E-state index in [0.29, 0.717) is 30.6 Å². The molecule has 0 aromatic heterocycles. The minimum absolute atomic E-state index is 0.0113. The van der Waals surface area contributed by atoms with Crippen LogP contribution in [0.25, 0.3) is 0 Å². The standard InChI is InChI=1S/C43H61ClN4O5S/c1-30-9-7-18-43(52-6,27-46-19-21-48(22-20-46)41(3,4)28-51-5)37-14-11-34(37)25-47-26-42(17-8-10-32-23-35(44)13-15-36(32)42)29-53-39-16-12-33(24-38(39)47)40(49)45-54(50)31(30)2/h7,12-13,15-16,18,23-24,30-31,34,37H,8-11,14,17,19-22,25-29H2,1-6H3,(H,45,49)/b18-7+/t30?,31?,34?,37?,42-,43-,54?/m0/s1. The molecule has 3 aliphatic heterocycles. The maximum absolute atomic E-state index is 13.7. The van der Waals surface area contributed by atoms with Gasteiger partial charge >= 0.3 is 0 Å². The van der Waals surface area contributed by atoms with Gasteiger partial charge in [0.15, 0.2) is 0 Å². The van der Waals surface area contributed by atoms with E-state index < -0.39 is 16.6 Å². The first-order chi connectivity index (χ1) is 25.9. The summed E-state index contributed by atoms with van der Waals surface area (Å²) in [4.78, 5) is 21.3. The van der Waals surface area contributed by atoms with E-state index in [9.17, 15) is 9.00 Å². The van der Waals surface area contributed by atoms with Gasteiger partial charge in [-0.3, -0.25) is 19.3 Å². The molecular weight excluding hydrogens is 720 g/mol. The fraction of sp³-hybridized carbons (Fsp3) is 0.651. The van der Waals surface area contributed by atoms with E-state index in [1.165, 1.54) is 11.1 Å². The van der Waals surface area contributed by atoms with Crippen LogP contribution in [0.15, 0.2) is 48.6 Å². The lowest BCUT2D eigenvalue weighted by atomic mass is 9.63. The molecule has 9 nitrogen and oxygen atoms in total. The molecular formula is C43H61ClN4O5S. The molecule has 1 spiro atoms. The van der Waals surface area contributed by atoms with Crippen molar-refractivity contribution in [3.05, 3.63) is 70.3 Å². The fourth-order valence-corrected chi connectivity index (χ4v) is 11.2. The van der Waals surface area contributed by atoms with Gasteiger partial charge in [0.2, 0.25) is 0 Å². The quantitative estimate of drug-likeness (QED) is 0.327. The first kappa shape index (κ1) is 39.8. The van der Waals surface area contributed by atoms with Gasteiger partial charge in [0, 0.05) is 81.6 Å². The van der Waals surface area contributed by atoms with E-state index in [1.807, 2.05) is 38.3 Å². The molecule has 2 fully saturated rings. The molecule has 5 unspecified atom stereocenters. The van der Waals surface area contributed by atoms with Crippen molar-refractivity contribution in [1.29, 1.82) is 0 Å². The third-order valence-corrected chi connectivity index (χ3v) is 15.4. The zero-order chi connectivity index (χ0) is 38.3. The number of ether oxygens (including phenoxy) is 3. The van der Waals surface area contributed by atoms with Gasteiger partial charge in [-0.1, -0.05) is 36.7 Å². The summed E-state index contributed by atoms with van der Waals surface area (Å²) in [5.74, 6) is 1.25. The Morgan fingerprint density at radius 2 is 1.87 bits per heavy atom. The van der Waals surface area contributed by atoms with Crippen LogP contribution in [0.5, 0.6) is 5.75 Å². The normalized spacial score (nSPS) is 33.1. The van der Waals surface area contributed by atoms with Crippen LogP contribution in [0.2, 0.25) is 5.02 Å². The van der Waals surface area contributed by atoms with E-state index >= 15 is 0 Å². The number of nitrogens with one attached hydrogen (secondary N) is 1. The Morgan fingerprint density at radius 1 is 1.07 bits per heavy atom. The van der Waals surface area contributed by atoms with Gasteiger partial charge in [0.1, 0.15) is 22.3 Å². The lowest BCUT2D eigenvalue weighted by Gasteiger charge is -2.53. The summed E-state index contributed by atoms with van der Waals surface area (Å²) in [5, 5.41) is 0.538. The minimum Gasteiger partial charge on any atom is -0.490 e. The van der Waals surface area contributed by atoms with Gasteiger partial charge < -0.3 is 19.1 Å². The molecule has 7 rings (SSSR count). The second-order valence-corrected chi connectivity index (χ2v) is 19.4. The Labute approximate surface area is 330 Å². The molecule has 3 heterocycles. The van der Waals surface area contributed by atoms with Crippen LogP contribution in [0.3, 0.4) is 0 Å². The number of hydrogen-bond donors (Lipinski definition) is 1. The number of carbonyl (C=O) groups excluding carboxylic acids is 1. The largest absolute Gasteiger partial charge is 0.490 e. The highest BCUT2D eigenvalue weighted by molar-refractivity contribution is 7.84. The maximum atomic E-state index is 13.7. The molecule has 2 aliphatic carbocycles. The van der Waals surface area contributed by atoms with E-state index in [2.05, 4.69) is 64.5 Å². The van der Waals surface area contributed by atoms with E-state index in [4.69, 9.17) is 25.8 Å². The Hall–Kier alpha value is -2.47. The summed E-state index contributed by atoms with van der Waals surface area (Å²) >= 11 is 6.53. The third-order valence-electron chi connectivity index (χ3n) is 13.6. The second kappa shape index (κ2) is 16.2. The van der Waals surface area contributed by atoms with Crippen LogP contribution in [-0.4, -0.2) is 110 Å². The number of allylic oxidation sites excluding steroid dienone is 1. The predicted molar refractivity (Wildman–Crippen MR) is 218 cm³/mol.